The standard InChI is InChI=1S/C27H29ClFN9O/c1-4-16-7-15(8-30)5-6-19(16)37-23-21(29)24(35-13-34-23)39-27(31)18-11-38(25-32-9-17(28)10-33-25)12-20(27)26(3)14(2)36-22(18)26/h5-7,9-10,13-14,18,20,22,36H,4,11-12,31H2,1-3H3,(H,34,35,37). The van der Waals surface area contributed by atoms with Gasteiger partial charge >= 0.3 is 0 Å². The van der Waals surface area contributed by atoms with E-state index >= 15 is 4.39 Å². The van der Waals surface area contributed by atoms with Gasteiger partial charge in [0.25, 0.3) is 5.88 Å². The molecule has 2 bridgehead atoms. The van der Waals surface area contributed by atoms with Crippen molar-refractivity contribution in [3.8, 4) is 11.9 Å². The highest BCUT2D eigenvalue weighted by Gasteiger charge is 2.74. The van der Waals surface area contributed by atoms with Gasteiger partial charge in [-0.3, -0.25) is 5.73 Å². The molecule has 2 saturated heterocycles. The number of nitrogens with one attached hydrogen (secondary N) is 2. The highest BCUT2D eigenvalue weighted by atomic mass is 35.5. The van der Waals surface area contributed by atoms with E-state index in [1.807, 2.05) is 6.92 Å². The maximum Gasteiger partial charge on any atom is 0.257 e. The second-order valence-corrected chi connectivity index (χ2v) is 11.2. The van der Waals surface area contributed by atoms with Crippen LogP contribution in [-0.2, 0) is 6.42 Å². The molecule has 1 aromatic carbocycles. The van der Waals surface area contributed by atoms with Crippen LogP contribution in [0.15, 0.2) is 36.9 Å². The minimum absolute atomic E-state index is 0.0250. The number of nitrogens with two attached hydrogens (primary N) is 1. The first kappa shape index (κ1) is 25.7. The maximum atomic E-state index is 15.8. The molecule has 0 spiro atoms. The molecule has 6 atom stereocenters. The summed E-state index contributed by atoms with van der Waals surface area (Å²) < 4.78 is 22.2. The monoisotopic (exact) mass is 549 g/mol. The minimum atomic E-state index is -1.18. The van der Waals surface area contributed by atoms with Gasteiger partial charge in [0.2, 0.25) is 11.8 Å². The summed E-state index contributed by atoms with van der Waals surface area (Å²) in [5.41, 5.74) is 7.79. The lowest BCUT2D eigenvalue weighted by molar-refractivity contribution is -0.0432. The summed E-state index contributed by atoms with van der Waals surface area (Å²) in [4.78, 5) is 19.2. The molecule has 1 saturated carbocycles. The number of fused-ring (bicyclic) bond motifs is 5. The Hall–Kier alpha value is -3.59. The summed E-state index contributed by atoms with van der Waals surface area (Å²) in [6, 6.07) is 7.59. The van der Waals surface area contributed by atoms with Crippen molar-refractivity contribution in [1.29, 1.82) is 5.26 Å². The zero-order valence-corrected chi connectivity index (χ0v) is 22.6. The molecule has 4 heterocycles. The second-order valence-electron chi connectivity index (χ2n) is 10.8. The average Bonchev–Trinajstić information content (AvgIpc) is 3.00. The van der Waals surface area contributed by atoms with Crippen molar-refractivity contribution in [2.24, 2.45) is 23.0 Å². The fraction of sp³-hybridized carbons (Fsp3) is 0.444. The number of ether oxygens (including phenoxy) is 1. The Morgan fingerprint density at radius 1 is 1.28 bits per heavy atom. The number of hydrogen-bond acceptors (Lipinski definition) is 10. The van der Waals surface area contributed by atoms with E-state index in [4.69, 9.17) is 22.1 Å². The summed E-state index contributed by atoms with van der Waals surface area (Å²) in [5, 5.41) is 16.3. The Balaban J connectivity index is 1.31. The van der Waals surface area contributed by atoms with Crippen LogP contribution in [0.1, 0.15) is 31.9 Å². The molecule has 6 rings (SSSR count). The Morgan fingerprint density at radius 3 is 2.74 bits per heavy atom. The predicted octanol–water partition coefficient (Wildman–Crippen LogP) is 3.40. The van der Waals surface area contributed by atoms with Crippen LogP contribution in [-0.4, -0.2) is 50.8 Å². The van der Waals surface area contributed by atoms with Gasteiger partial charge in [-0.2, -0.15) is 14.6 Å². The van der Waals surface area contributed by atoms with E-state index in [1.165, 1.54) is 6.33 Å². The summed E-state index contributed by atoms with van der Waals surface area (Å²) in [5.74, 6) is -0.737. The topological polar surface area (TPSA) is 138 Å². The van der Waals surface area contributed by atoms with Gasteiger partial charge in [-0.25, -0.2) is 15.0 Å². The van der Waals surface area contributed by atoms with Gasteiger partial charge in [-0.05, 0) is 37.1 Å². The van der Waals surface area contributed by atoms with Crippen molar-refractivity contribution in [3.63, 3.8) is 0 Å². The quantitative estimate of drug-likeness (QED) is 0.392. The van der Waals surface area contributed by atoms with Gasteiger partial charge in [0, 0.05) is 48.1 Å². The van der Waals surface area contributed by atoms with Gasteiger partial charge in [0.05, 0.1) is 29.0 Å². The summed E-state index contributed by atoms with van der Waals surface area (Å²) in [6.07, 6.45) is 5.07. The molecule has 6 unspecified atom stereocenters. The lowest BCUT2D eigenvalue weighted by atomic mass is 9.65. The smallest absolute Gasteiger partial charge is 0.257 e. The average molecular weight is 550 g/mol. The molecule has 39 heavy (non-hydrogen) atoms. The maximum absolute atomic E-state index is 15.8. The molecule has 4 N–H and O–H groups in total. The third-order valence-corrected chi connectivity index (χ3v) is 9.11. The van der Waals surface area contributed by atoms with Gasteiger partial charge < -0.3 is 20.3 Å². The number of halogens is 2. The number of nitrogens with zero attached hydrogens (tertiary/aromatic N) is 6. The largest absolute Gasteiger partial charge is 0.453 e. The van der Waals surface area contributed by atoms with Crippen molar-refractivity contribution in [2.75, 3.05) is 23.3 Å². The van der Waals surface area contributed by atoms with E-state index in [9.17, 15) is 5.26 Å². The van der Waals surface area contributed by atoms with Crippen LogP contribution in [0.4, 0.5) is 21.8 Å². The Labute approximate surface area is 230 Å². The molecule has 0 radical (unpaired) electrons. The van der Waals surface area contributed by atoms with Gasteiger partial charge in [0.15, 0.2) is 11.5 Å². The van der Waals surface area contributed by atoms with Crippen molar-refractivity contribution >= 4 is 29.1 Å². The number of aryl methyl sites for hydroxylation is 1. The van der Waals surface area contributed by atoms with E-state index in [0.29, 0.717) is 41.7 Å². The SMILES string of the molecule is CCc1cc(C#N)ccc1Nc1ncnc(OC2(N)C3CN(c4ncc(Cl)cn4)CC2C2(C)C(C)NC32)c1F. The van der Waals surface area contributed by atoms with E-state index < -0.39 is 11.5 Å². The highest BCUT2D eigenvalue weighted by molar-refractivity contribution is 6.30. The molecular formula is C27H29ClFN9O. The molecule has 2 aliphatic heterocycles. The molecule has 3 fully saturated rings. The van der Waals surface area contributed by atoms with Crippen molar-refractivity contribution in [3.05, 3.63) is 58.9 Å². The zero-order valence-electron chi connectivity index (χ0n) is 21.8. The number of piperidine rings is 1. The zero-order chi connectivity index (χ0) is 27.5. The third kappa shape index (κ3) is 3.89. The summed E-state index contributed by atoms with van der Waals surface area (Å²) >= 11 is 6.00. The summed E-state index contributed by atoms with van der Waals surface area (Å²) in [6.45, 7) is 7.37. The van der Waals surface area contributed by atoms with Crippen LogP contribution in [0.2, 0.25) is 5.02 Å². The molecule has 10 nitrogen and oxygen atoms in total. The molecule has 0 amide bonds. The molecule has 12 heteroatoms. The lowest BCUT2D eigenvalue weighted by Crippen LogP contribution is -2.68. The Bertz CT molecular complexity index is 1470. The van der Waals surface area contributed by atoms with Crippen LogP contribution in [0.3, 0.4) is 0 Å². The first-order valence-electron chi connectivity index (χ1n) is 13.0. The van der Waals surface area contributed by atoms with E-state index in [0.717, 1.165) is 5.56 Å². The normalized spacial score (nSPS) is 30.7. The van der Waals surface area contributed by atoms with E-state index in [2.05, 4.69) is 55.4 Å². The highest BCUT2D eigenvalue weighted by Crippen LogP contribution is 2.61. The van der Waals surface area contributed by atoms with Crippen LogP contribution in [0.25, 0.3) is 0 Å². The molecule has 3 aromatic rings. The number of hydrogen-bond donors (Lipinski definition) is 3. The van der Waals surface area contributed by atoms with E-state index in [1.54, 1.807) is 30.6 Å². The number of aromatic nitrogens is 4. The first-order chi connectivity index (χ1) is 18.7. The lowest BCUT2D eigenvalue weighted by Gasteiger charge is -2.53. The molecule has 1 aliphatic carbocycles. The Kier molecular flexibility index (Phi) is 6.10. The van der Waals surface area contributed by atoms with Crippen molar-refractivity contribution < 1.29 is 9.13 Å². The van der Waals surface area contributed by atoms with Crippen LogP contribution in [0, 0.1) is 34.4 Å². The molecule has 2 aromatic heterocycles. The third-order valence-electron chi connectivity index (χ3n) is 8.92. The van der Waals surface area contributed by atoms with Crippen LogP contribution < -0.4 is 26.0 Å². The van der Waals surface area contributed by atoms with Gasteiger partial charge in [-0.1, -0.05) is 25.4 Å². The minimum Gasteiger partial charge on any atom is -0.453 e. The number of anilines is 3. The summed E-state index contributed by atoms with van der Waals surface area (Å²) in [7, 11) is 0. The first-order valence-corrected chi connectivity index (χ1v) is 13.3. The number of benzene rings is 1. The fourth-order valence-corrected chi connectivity index (χ4v) is 6.76. The van der Waals surface area contributed by atoms with Gasteiger partial charge in [-0.15, -0.1) is 0 Å². The van der Waals surface area contributed by atoms with Crippen LogP contribution >= 0.6 is 11.6 Å². The molecular weight excluding hydrogens is 521 g/mol. The molecule has 202 valence electrons. The predicted molar refractivity (Wildman–Crippen MR) is 144 cm³/mol. The fourth-order valence-electron chi connectivity index (χ4n) is 6.66. The number of nitriles is 1. The second kappa shape index (κ2) is 9.26. The van der Waals surface area contributed by atoms with E-state index in [-0.39, 0.29) is 41.0 Å². The number of rotatable bonds is 6. The van der Waals surface area contributed by atoms with Gasteiger partial charge in [0.1, 0.15) is 6.33 Å². The van der Waals surface area contributed by atoms with Crippen LogP contribution in [0.5, 0.6) is 5.88 Å². The Morgan fingerprint density at radius 2 is 2.05 bits per heavy atom. The van der Waals surface area contributed by atoms with Crippen molar-refractivity contribution in [1.82, 2.24) is 25.3 Å². The van der Waals surface area contributed by atoms with Crippen molar-refractivity contribution in [2.45, 2.75) is 45.0 Å². The molecule has 3 aliphatic rings.